The summed E-state index contributed by atoms with van der Waals surface area (Å²) in [5, 5.41) is 8.79. The SMILES string of the molecule is CCCCOc1ccc(-c2nc(CC(=O)O)cc(=O)[nH]2)cc1. The number of aliphatic carboxylic acids is 1. The quantitative estimate of drug-likeness (QED) is 0.765. The van der Waals surface area contributed by atoms with Crippen molar-refractivity contribution in [1.29, 1.82) is 0 Å². The fourth-order valence-corrected chi connectivity index (χ4v) is 1.93. The Balaban J connectivity index is 2.18. The number of nitrogens with zero attached hydrogens (tertiary/aromatic N) is 1. The predicted molar refractivity (Wildman–Crippen MR) is 82.0 cm³/mol. The first kappa shape index (κ1) is 15.8. The molecule has 1 aromatic heterocycles. The molecule has 0 spiro atoms. The topological polar surface area (TPSA) is 92.3 Å². The third-order valence-corrected chi connectivity index (χ3v) is 3.02. The van der Waals surface area contributed by atoms with Gasteiger partial charge in [-0.15, -0.1) is 0 Å². The summed E-state index contributed by atoms with van der Waals surface area (Å²) in [6.07, 6.45) is 1.78. The maximum absolute atomic E-state index is 11.6. The molecule has 0 aliphatic heterocycles. The maximum atomic E-state index is 11.6. The lowest BCUT2D eigenvalue weighted by molar-refractivity contribution is -0.136. The summed E-state index contributed by atoms with van der Waals surface area (Å²) in [7, 11) is 0. The molecule has 0 bridgehead atoms. The third-order valence-electron chi connectivity index (χ3n) is 3.02. The zero-order chi connectivity index (χ0) is 15.9. The van der Waals surface area contributed by atoms with Crippen molar-refractivity contribution in [2.45, 2.75) is 26.2 Å². The summed E-state index contributed by atoms with van der Waals surface area (Å²) in [5.74, 6) is 0.0776. The van der Waals surface area contributed by atoms with Crippen molar-refractivity contribution in [3.8, 4) is 17.1 Å². The van der Waals surface area contributed by atoms with E-state index in [4.69, 9.17) is 9.84 Å². The molecule has 2 N–H and O–H groups in total. The number of hydrogen-bond donors (Lipinski definition) is 2. The van der Waals surface area contributed by atoms with Gasteiger partial charge < -0.3 is 14.8 Å². The number of carboxylic acids is 1. The number of aromatic nitrogens is 2. The van der Waals surface area contributed by atoms with Crippen molar-refractivity contribution in [3.63, 3.8) is 0 Å². The van der Waals surface area contributed by atoms with E-state index in [1.165, 1.54) is 6.07 Å². The van der Waals surface area contributed by atoms with Crippen LogP contribution in [-0.4, -0.2) is 27.7 Å². The van der Waals surface area contributed by atoms with E-state index < -0.39 is 5.97 Å². The number of hydrogen-bond acceptors (Lipinski definition) is 4. The summed E-state index contributed by atoms with van der Waals surface area (Å²) in [6.45, 7) is 2.76. The first-order valence-electron chi connectivity index (χ1n) is 7.13. The van der Waals surface area contributed by atoms with E-state index in [0.717, 1.165) is 18.6 Å². The van der Waals surface area contributed by atoms with E-state index in [0.29, 0.717) is 18.0 Å². The van der Waals surface area contributed by atoms with E-state index in [-0.39, 0.29) is 17.7 Å². The van der Waals surface area contributed by atoms with Crippen LogP contribution in [0, 0.1) is 0 Å². The summed E-state index contributed by atoms with van der Waals surface area (Å²) in [5.41, 5.74) is 0.561. The minimum Gasteiger partial charge on any atom is -0.494 e. The number of benzene rings is 1. The lowest BCUT2D eigenvalue weighted by Gasteiger charge is -2.07. The molecular formula is C16H18N2O4. The van der Waals surface area contributed by atoms with Gasteiger partial charge in [-0.25, -0.2) is 4.98 Å². The standard InChI is InChI=1S/C16H18N2O4/c1-2-3-8-22-13-6-4-11(5-7-13)16-17-12(10-15(20)21)9-14(19)18-16/h4-7,9H,2-3,8,10H2,1H3,(H,20,21)(H,17,18,19). The molecular weight excluding hydrogens is 284 g/mol. The fraction of sp³-hybridized carbons (Fsp3) is 0.312. The first-order valence-corrected chi connectivity index (χ1v) is 7.13. The average molecular weight is 302 g/mol. The smallest absolute Gasteiger partial charge is 0.309 e. The molecule has 1 aromatic carbocycles. The number of aromatic amines is 1. The van der Waals surface area contributed by atoms with Gasteiger partial charge in [-0.3, -0.25) is 9.59 Å². The Morgan fingerprint density at radius 2 is 2.05 bits per heavy atom. The van der Waals surface area contributed by atoms with Crippen molar-refractivity contribution in [2.75, 3.05) is 6.61 Å². The van der Waals surface area contributed by atoms with Crippen molar-refractivity contribution in [3.05, 3.63) is 46.4 Å². The largest absolute Gasteiger partial charge is 0.494 e. The van der Waals surface area contributed by atoms with Crippen molar-refractivity contribution < 1.29 is 14.6 Å². The minimum absolute atomic E-state index is 0.231. The van der Waals surface area contributed by atoms with E-state index in [1.807, 2.05) is 0 Å². The van der Waals surface area contributed by atoms with Crippen LogP contribution in [0.4, 0.5) is 0 Å². The summed E-state index contributed by atoms with van der Waals surface area (Å²) in [6, 6.07) is 8.36. The molecule has 0 aliphatic rings. The molecule has 0 amide bonds. The zero-order valence-electron chi connectivity index (χ0n) is 12.3. The molecule has 6 heteroatoms. The Labute approximate surface area is 127 Å². The second-order valence-corrected chi connectivity index (χ2v) is 4.88. The Morgan fingerprint density at radius 1 is 1.32 bits per heavy atom. The lowest BCUT2D eigenvalue weighted by Crippen LogP contribution is -2.13. The van der Waals surface area contributed by atoms with Crippen LogP contribution in [0.3, 0.4) is 0 Å². The van der Waals surface area contributed by atoms with Crippen molar-refractivity contribution in [1.82, 2.24) is 9.97 Å². The Kier molecular flexibility index (Phi) is 5.30. The first-order chi connectivity index (χ1) is 10.6. The molecule has 0 atom stereocenters. The summed E-state index contributed by atoms with van der Waals surface area (Å²) < 4.78 is 5.57. The van der Waals surface area contributed by atoms with Gasteiger partial charge in [0, 0.05) is 11.6 Å². The molecule has 0 aliphatic carbocycles. The zero-order valence-corrected chi connectivity index (χ0v) is 12.3. The molecule has 6 nitrogen and oxygen atoms in total. The maximum Gasteiger partial charge on any atom is 0.309 e. The second kappa shape index (κ2) is 7.40. The van der Waals surface area contributed by atoms with Crippen molar-refractivity contribution >= 4 is 5.97 Å². The highest BCUT2D eigenvalue weighted by atomic mass is 16.5. The minimum atomic E-state index is -1.02. The molecule has 0 unspecified atom stereocenters. The van der Waals surface area contributed by atoms with Gasteiger partial charge in [0.1, 0.15) is 11.6 Å². The number of ether oxygens (including phenoxy) is 1. The Bertz CT molecular complexity index is 692. The van der Waals surface area contributed by atoms with Gasteiger partial charge in [-0.1, -0.05) is 13.3 Å². The van der Waals surface area contributed by atoms with Gasteiger partial charge >= 0.3 is 5.97 Å². The average Bonchev–Trinajstić information content (AvgIpc) is 2.47. The fourth-order valence-electron chi connectivity index (χ4n) is 1.93. The Morgan fingerprint density at radius 3 is 2.68 bits per heavy atom. The highest BCUT2D eigenvalue weighted by Gasteiger charge is 2.07. The van der Waals surface area contributed by atoms with Gasteiger partial charge in [0.05, 0.1) is 18.7 Å². The van der Waals surface area contributed by atoms with Crippen LogP contribution >= 0.6 is 0 Å². The van der Waals surface area contributed by atoms with Crippen molar-refractivity contribution in [2.24, 2.45) is 0 Å². The molecule has 0 saturated heterocycles. The van der Waals surface area contributed by atoms with Crippen LogP contribution < -0.4 is 10.3 Å². The van der Waals surface area contributed by atoms with Crippen LogP contribution in [0.5, 0.6) is 5.75 Å². The lowest BCUT2D eigenvalue weighted by atomic mass is 10.2. The molecule has 0 radical (unpaired) electrons. The Hall–Kier alpha value is -2.63. The number of rotatable bonds is 7. The monoisotopic (exact) mass is 302 g/mol. The van der Waals surface area contributed by atoms with Crippen LogP contribution in [-0.2, 0) is 11.2 Å². The molecule has 2 aromatic rings. The van der Waals surface area contributed by atoms with Gasteiger partial charge in [0.2, 0.25) is 0 Å². The highest BCUT2D eigenvalue weighted by molar-refractivity contribution is 5.69. The molecule has 22 heavy (non-hydrogen) atoms. The van der Waals surface area contributed by atoms with E-state index in [2.05, 4.69) is 16.9 Å². The predicted octanol–water partition coefficient (Wildman–Crippen LogP) is 2.24. The molecule has 2 rings (SSSR count). The highest BCUT2D eigenvalue weighted by Crippen LogP contribution is 2.19. The van der Waals surface area contributed by atoms with E-state index >= 15 is 0 Å². The van der Waals surface area contributed by atoms with Gasteiger partial charge in [-0.2, -0.15) is 0 Å². The number of carboxylic acid groups (broad SMARTS) is 1. The molecule has 1 heterocycles. The number of H-pyrrole nitrogens is 1. The van der Waals surface area contributed by atoms with Gasteiger partial charge in [0.15, 0.2) is 0 Å². The summed E-state index contributed by atoms with van der Waals surface area (Å²) in [4.78, 5) is 29.1. The van der Waals surface area contributed by atoms with Gasteiger partial charge in [-0.05, 0) is 30.7 Å². The van der Waals surface area contributed by atoms with Crippen LogP contribution in [0.1, 0.15) is 25.5 Å². The number of carbonyl (C=O) groups is 1. The van der Waals surface area contributed by atoms with Crippen LogP contribution in [0.2, 0.25) is 0 Å². The molecule has 0 fully saturated rings. The van der Waals surface area contributed by atoms with Gasteiger partial charge in [0.25, 0.3) is 5.56 Å². The van der Waals surface area contributed by atoms with Crippen LogP contribution in [0.15, 0.2) is 35.1 Å². The molecule has 116 valence electrons. The van der Waals surface area contributed by atoms with E-state index in [1.54, 1.807) is 24.3 Å². The summed E-state index contributed by atoms with van der Waals surface area (Å²) >= 11 is 0. The number of nitrogens with one attached hydrogen (secondary N) is 1. The molecule has 0 saturated carbocycles. The normalized spacial score (nSPS) is 10.4. The van der Waals surface area contributed by atoms with E-state index in [9.17, 15) is 9.59 Å². The van der Waals surface area contributed by atoms with Crippen LogP contribution in [0.25, 0.3) is 11.4 Å². The number of unbranched alkanes of at least 4 members (excludes halogenated alkanes) is 1. The second-order valence-electron chi connectivity index (χ2n) is 4.88. The third kappa shape index (κ3) is 4.44.